The molecule has 4 heteroatoms. The predicted octanol–water partition coefficient (Wildman–Crippen LogP) is 9.39. The lowest BCUT2D eigenvalue weighted by Gasteiger charge is -2.18. The van der Waals surface area contributed by atoms with Gasteiger partial charge in [0.25, 0.3) is 0 Å². The second kappa shape index (κ2) is 25.6. The molecule has 0 aromatic rings. The smallest absolute Gasteiger partial charge is 0.306 e. The third-order valence-electron chi connectivity index (χ3n) is 6.58. The third-order valence-corrected chi connectivity index (χ3v) is 6.58. The first-order valence-electron chi connectivity index (χ1n) is 14.5. The fraction of sp³-hybridized carbons (Fsp3) is 0.931. The van der Waals surface area contributed by atoms with Crippen molar-refractivity contribution in [1.82, 2.24) is 0 Å². The first-order chi connectivity index (χ1) is 16.1. The molecule has 0 bridgehead atoms. The number of hydrogen-bond donors (Lipinski definition) is 1. The van der Waals surface area contributed by atoms with Crippen molar-refractivity contribution in [1.29, 1.82) is 0 Å². The molecule has 0 spiro atoms. The van der Waals surface area contributed by atoms with Crippen LogP contribution in [-0.2, 0) is 14.3 Å². The van der Waals surface area contributed by atoms with E-state index in [0.29, 0.717) is 6.42 Å². The maximum Gasteiger partial charge on any atom is 0.306 e. The van der Waals surface area contributed by atoms with E-state index in [0.717, 1.165) is 64.2 Å². The highest BCUT2D eigenvalue weighted by Gasteiger charge is 2.14. The van der Waals surface area contributed by atoms with Crippen LogP contribution in [0.4, 0.5) is 0 Å². The number of carboxylic acids is 1. The third kappa shape index (κ3) is 25.4. The van der Waals surface area contributed by atoms with Gasteiger partial charge in [0.05, 0.1) is 0 Å². The molecule has 1 unspecified atom stereocenters. The standard InChI is InChI=1S/C29H56O4/c1-3-5-7-9-11-12-13-18-22-26-29(32)33-27(23-19-15-10-8-6-4-2)24-20-16-14-17-21-25-28(30)31/h27H,3-26H2,1-2H3,(H,30,31). The minimum absolute atomic E-state index is 0.00427. The number of aliphatic carboxylic acids is 1. The highest BCUT2D eigenvalue weighted by Crippen LogP contribution is 2.18. The van der Waals surface area contributed by atoms with E-state index in [1.54, 1.807) is 0 Å². The van der Waals surface area contributed by atoms with Crippen LogP contribution in [0.5, 0.6) is 0 Å². The summed E-state index contributed by atoms with van der Waals surface area (Å²) in [5.41, 5.74) is 0. The van der Waals surface area contributed by atoms with Crippen molar-refractivity contribution in [2.75, 3.05) is 0 Å². The van der Waals surface area contributed by atoms with Crippen LogP contribution in [0.3, 0.4) is 0 Å². The minimum Gasteiger partial charge on any atom is -0.481 e. The normalized spacial score (nSPS) is 12.1. The van der Waals surface area contributed by atoms with E-state index in [1.807, 2.05) is 0 Å². The van der Waals surface area contributed by atoms with E-state index < -0.39 is 5.97 Å². The number of esters is 1. The first-order valence-corrected chi connectivity index (χ1v) is 14.5. The average molecular weight is 469 g/mol. The van der Waals surface area contributed by atoms with Gasteiger partial charge in [-0.1, -0.05) is 117 Å². The molecular weight excluding hydrogens is 412 g/mol. The van der Waals surface area contributed by atoms with E-state index in [2.05, 4.69) is 13.8 Å². The summed E-state index contributed by atoms with van der Waals surface area (Å²) in [4.78, 5) is 23.0. The molecule has 0 aliphatic carbocycles. The minimum atomic E-state index is -0.701. The molecule has 196 valence electrons. The van der Waals surface area contributed by atoms with Crippen LogP contribution in [0.1, 0.15) is 168 Å². The Kier molecular flexibility index (Phi) is 24.7. The molecule has 4 nitrogen and oxygen atoms in total. The van der Waals surface area contributed by atoms with Gasteiger partial charge in [-0.25, -0.2) is 0 Å². The maximum atomic E-state index is 12.4. The fourth-order valence-corrected chi connectivity index (χ4v) is 4.42. The number of carbonyl (C=O) groups is 2. The van der Waals surface area contributed by atoms with Gasteiger partial charge in [0, 0.05) is 12.8 Å². The van der Waals surface area contributed by atoms with Crippen molar-refractivity contribution in [3.63, 3.8) is 0 Å². The van der Waals surface area contributed by atoms with Gasteiger partial charge in [0.15, 0.2) is 0 Å². The summed E-state index contributed by atoms with van der Waals surface area (Å²) in [6.07, 6.45) is 26.8. The number of ether oxygens (including phenoxy) is 1. The van der Waals surface area contributed by atoms with Gasteiger partial charge >= 0.3 is 11.9 Å². The lowest BCUT2D eigenvalue weighted by molar-refractivity contribution is -0.150. The molecule has 0 aromatic carbocycles. The Morgan fingerprint density at radius 2 is 0.909 bits per heavy atom. The van der Waals surface area contributed by atoms with Gasteiger partial charge in [0.2, 0.25) is 0 Å². The van der Waals surface area contributed by atoms with Crippen molar-refractivity contribution in [3.05, 3.63) is 0 Å². The van der Waals surface area contributed by atoms with Gasteiger partial charge < -0.3 is 9.84 Å². The van der Waals surface area contributed by atoms with Gasteiger partial charge in [-0.2, -0.15) is 0 Å². The van der Waals surface area contributed by atoms with Crippen LogP contribution >= 0.6 is 0 Å². The van der Waals surface area contributed by atoms with Crippen molar-refractivity contribution in [2.24, 2.45) is 0 Å². The largest absolute Gasteiger partial charge is 0.481 e. The second-order valence-electron chi connectivity index (χ2n) is 9.95. The molecule has 0 saturated heterocycles. The molecule has 1 atom stereocenters. The summed E-state index contributed by atoms with van der Waals surface area (Å²) in [6.45, 7) is 4.49. The van der Waals surface area contributed by atoms with Crippen molar-refractivity contribution in [3.8, 4) is 0 Å². The highest BCUT2D eigenvalue weighted by atomic mass is 16.5. The molecule has 0 rings (SSSR count). The van der Waals surface area contributed by atoms with Crippen LogP contribution in [0.25, 0.3) is 0 Å². The molecule has 0 heterocycles. The average Bonchev–Trinajstić information content (AvgIpc) is 2.79. The molecule has 0 fully saturated rings. The zero-order valence-corrected chi connectivity index (χ0v) is 22.2. The summed E-state index contributed by atoms with van der Waals surface area (Å²) in [5.74, 6) is -0.705. The van der Waals surface area contributed by atoms with Crippen molar-refractivity contribution in [2.45, 2.75) is 174 Å². The highest BCUT2D eigenvalue weighted by molar-refractivity contribution is 5.69. The van der Waals surface area contributed by atoms with E-state index in [9.17, 15) is 9.59 Å². The van der Waals surface area contributed by atoms with E-state index in [1.165, 1.54) is 77.0 Å². The lowest BCUT2D eigenvalue weighted by Crippen LogP contribution is -2.18. The summed E-state index contributed by atoms with van der Waals surface area (Å²) in [5, 5.41) is 8.72. The summed E-state index contributed by atoms with van der Waals surface area (Å²) in [7, 11) is 0. The molecule has 0 aliphatic heterocycles. The Morgan fingerprint density at radius 1 is 0.545 bits per heavy atom. The van der Waals surface area contributed by atoms with Gasteiger partial charge in [-0.05, 0) is 38.5 Å². The molecule has 33 heavy (non-hydrogen) atoms. The van der Waals surface area contributed by atoms with Crippen LogP contribution in [0.2, 0.25) is 0 Å². The zero-order chi connectivity index (χ0) is 24.4. The fourth-order valence-electron chi connectivity index (χ4n) is 4.42. The molecule has 0 radical (unpaired) electrons. The van der Waals surface area contributed by atoms with E-state index in [-0.39, 0.29) is 18.5 Å². The van der Waals surface area contributed by atoms with Gasteiger partial charge in [-0.15, -0.1) is 0 Å². The molecule has 0 aromatic heterocycles. The Morgan fingerprint density at radius 3 is 1.33 bits per heavy atom. The first kappa shape index (κ1) is 31.9. The number of unbranched alkanes of at least 4 members (excludes halogenated alkanes) is 17. The Hall–Kier alpha value is -1.06. The molecule has 1 N–H and O–H groups in total. The molecule has 0 amide bonds. The number of carboxylic acid groups (broad SMARTS) is 1. The molecule has 0 aliphatic rings. The number of rotatable bonds is 26. The van der Waals surface area contributed by atoms with Gasteiger partial charge in [-0.3, -0.25) is 9.59 Å². The van der Waals surface area contributed by atoms with Gasteiger partial charge in [0.1, 0.15) is 6.10 Å². The Labute approximate surface area is 205 Å². The van der Waals surface area contributed by atoms with Crippen LogP contribution < -0.4 is 0 Å². The predicted molar refractivity (Wildman–Crippen MR) is 140 cm³/mol. The quantitative estimate of drug-likeness (QED) is 0.101. The van der Waals surface area contributed by atoms with Crippen molar-refractivity contribution >= 4 is 11.9 Å². The van der Waals surface area contributed by atoms with Crippen LogP contribution in [0, 0.1) is 0 Å². The SMILES string of the molecule is CCCCCCCCCCCC(=O)OC(CCCCCCCC)CCCCCCCC(=O)O. The summed E-state index contributed by atoms with van der Waals surface area (Å²) < 4.78 is 5.89. The van der Waals surface area contributed by atoms with Crippen LogP contribution in [0.15, 0.2) is 0 Å². The van der Waals surface area contributed by atoms with E-state index >= 15 is 0 Å². The summed E-state index contributed by atoms with van der Waals surface area (Å²) >= 11 is 0. The van der Waals surface area contributed by atoms with Crippen molar-refractivity contribution < 1.29 is 19.4 Å². The van der Waals surface area contributed by atoms with E-state index in [4.69, 9.17) is 9.84 Å². The lowest BCUT2D eigenvalue weighted by atomic mass is 10.0. The summed E-state index contributed by atoms with van der Waals surface area (Å²) in [6, 6.07) is 0. The Bertz CT molecular complexity index is 435. The number of carbonyl (C=O) groups excluding carboxylic acids is 1. The number of hydrogen-bond acceptors (Lipinski definition) is 3. The Balaban J connectivity index is 4.00. The molecular formula is C29H56O4. The van der Waals surface area contributed by atoms with Crippen LogP contribution in [-0.4, -0.2) is 23.1 Å². The maximum absolute atomic E-state index is 12.4. The zero-order valence-electron chi connectivity index (χ0n) is 22.2. The monoisotopic (exact) mass is 468 g/mol. The second-order valence-corrected chi connectivity index (χ2v) is 9.95. The molecule has 0 saturated carbocycles. The topological polar surface area (TPSA) is 63.6 Å².